The lowest BCUT2D eigenvalue weighted by atomic mass is 9.87. The van der Waals surface area contributed by atoms with Gasteiger partial charge >= 0.3 is 0 Å². The zero-order valence-corrected chi connectivity index (χ0v) is 12.1. The molecular formula is C15H22ClNO. The molecule has 0 bridgehead atoms. The fraction of sp³-hybridized carbons (Fsp3) is 0.600. The van der Waals surface area contributed by atoms with E-state index in [4.69, 9.17) is 22.1 Å². The van der Waals surface area contributed by atoms with Crippen molar-refractivity contribution < 1.29 is 4.74 Å². The van der Waals surface area contributed by atoms with E-state index in [1.54, 1.807) is 0 Å². The second kappa shape index (κ2) is 5.50. The van der Waals surface area contributed by atoms with Gasteiger partial charge in [-0.15, -0.1) is 0 Å². The van der Waals surface area contributed by atoms with E-state index in [0.717, 1.165) is 22.8 Å². The van der Waals surface area contributed by atoms with Crippen molar-refractivity contribution in [1.82, 2.24) is 0 Å². The van der Waals surface area contributed by atoms with Crippen LogP contribution in [0.1, 0.15) is 45.2 Å². The van der Waals surface area contributed by atoms with E-state index in [-0.39, 0.29) is 12.1 Å². The van der Waals surface area contributed by atoms with Gasteiger partial charge in [0.25, 0.3) is 0 Å². The second-order valence-corrected chi connectivity index (χ2v) is 6.22. The van der Waals surface area contributed by atoms with E-state index in [9.17, 15) is 0 Å². The summed E-state index contributed by atoms with van der Waals surface area (Å²) in [6, 6.07) is 5.76. The number of benzene rings is 1. The molecule has 2 rings (SSSR count). The first-order valence-electron chi connectivity index (χ1n) is 6.69. The molecule has 0 spiro atoms. The smallest absolute Gasteiger partial charge is 0.124 e. The Bertz CT molecular complexity index is 419. The van der Waals surface area contributed by atoms with Gasteiger partial charge in [-0.05, 0) is 36.5 Å². The molecule has 1 aliphatic heterocycles. The predicted molar refractivity (Wildman–Crippen MR) is 76.0 cm³/mol. The zero-order chi connectivity index (χ0) is 13.3. The Morgan fingerprint density at radius 1 is 1.39 bits per heavy atom. The first kappa shape index (κ1) is 13.7. The monoisotopic (exact) mass is 267 g/mol. The molecule has 3 atom stereocenters. The number of ether oxygens (including phenoxy) is 1. The highest BCUT2D eigenvalue weighted by atomic mass is 35.5. The molecule has 1 aromatic carbocycles. The lowest BCUT2D eigenvalue weighted by molar-refractivity contribution is 0.0963. The third-order valence-electron chi connectivity index (χ3n) is 3.61. The SMILES string of the molecule is CC(C)CC(C)C1C[C@H](N)c2cc(Cl)ccc2O1. The van der Waals surface area contributed by atoms with E-state index in [0.29, 0.717) is 11.8 Å². The largest absolute Gasteiger partial charge is 0.490 e. The van der Waals surface area contributed by atoms with Crippen molar-refractivity contribution in [2.45, 2.75) is 45.8 Å². The van der Waals surface area contributed by atoms with E-state index >= 15 is 0 Å². The van der Waals surface area contributed by atoms with Gasteiger partial charge in [0.15, 0.2) is 0 Å². The summed E-state index contributed by atoms with van der Waals surface area (Å²) in [4.78, 5) is 0. The van der Waals surface area contributed by atoms with Crippen LogP contribution in [0.2, 0.25) is 5.02 Å². The fourth-order valence-corrected chi connectivity index (χ4v) is 2.93. The Kier molecular flexibility index (Phi) is 4.18. The van der Waals surface area contributed by atoms with Crippen molar-refractivity contribution in [3.63, 3.8) is 0 Å². The summed E-state index contributed by atoms with van der Waals surface area (Å²) in [5, 5.41) is 0.724. The Morgan fingerprint density at radius 3 is 2.78 bits per heavy atom. The molecule has 1 aromatic rings. The fourth-order valence-electron chi connectivity index (χ4n) is 2.75. The molecular weight excluding hydrogens is 246 g/mol. The Morgan fingerprint density at radius 2 is 2.11 bits per heavy atom. The summed E-state index contributed by atoms with van der Waals surface area (Å²) in [7, 11) is 0. The molecule has 0 fully saturated rings. The quantitative estimate of drug-likeness (QED) is 0.892. The Balaban J connectivity index is 2.15. The first-order chi connectivity index (χ1) is 8.47. The molecule has 0 saturated carbocycles. The highest BCUT2D eigenvalue weighted by molar-refractivity contribution is 6.30. The summed E-state index contributed by atoms with van der Waals surface area (Å²) in [5.41, 5.74) is 7.27. The van der Waals surface area contributed by atoms with Crippen LogP contribution in [-0.2, 0) is 0 Å². The lowest BCUT2D eigenvalue weighted by Gasteiger charge is -2.34. The van der Waals surface area contributed by atoms with E-state index < -0.39 is 0 Å². The molecule has 2 unspecified atom stereocenters. The van der Waals surface area contributed by atoms with Gasteiger partial charge < -0.3 is 10.5 Å². The normalized spacial score (nSPS) is 24.6. The number of halogens is 1. The van der Waals surface area contributed by atoms with Gasteiger partial charge in [-0.25, -0.2) is 0 Å². The van der Waals surface area contributed by atoms with Crippen LogP contribution in [0, 0.1) is 11.8 Å². The minimum absolute atomic E-state index is 0.0343. The number of rotatable bonds is 3. The Hall–Kier alpha value is -0.730. The minimum atomic E-state index is 0.0343. The molecule has 3 heteroatoms. The van der Waals surface area contributed by atoms with Crippen molar-refractivity contribution in [2.24, 2.45) is 17.6 Å². The van der Waals surface area contributed by atoms with E-state index in [1.165, 1.54) is 6.42 Å². The zero-order valence-electron chi connectivity index (χ0n) is 11.3. The van der Waals surface area contributed by atoms with Crippen LogP contribution in [0.4, 0.5) is 0 Å². The molecule has 1 heterocycles. The maximum atomic E-state index is 6.24. The van der Waals surface area contributed by atoms with Crippen LogP contribution in [0.3, 0.4) is 0 Å². The average molecular weight is 268 g/mol. The molecule has 2 N–H and O–H groups in total. The summed E-state index contributed by atoms with van der Waals surface area (Å²) in [6.07, 6.45) is 2.26. The van der Waals surface area contributed by atoms with Crippen molar-refractivity contribution in [1.29, 1.82) is 0 Å². The van der Waals surface area contributed by atoms with Crippen LogP contribution in [-0.4, -0.2) is 6.10 Å². The third-order valence-corrected chi connectivity index (χ3v) is 3.85. The predicted octanol–water partition coefficient (Wildman–Crippen LogP) is 4.17. The highest BCUT2D eigenvalue weighted by Gasteiger charge is 2.30. The summed E-state index contributed by atoms with van der Waals surface area (Å²) >= 11 is 6.00. The van der Waals surface area contributed by atoms with Crippen molar-refractivity contribution >= 4 is 11.6 Å². The molecule has 100 valence electrons. The van der Waals surface area contributed by atoms with Gasteiger partial charge in [-0.1, -0.05) is 32.4 Å². The van der Waals surface area contributed by atoms with Gasteiger partial charge in [0.1, 0.15) is 11.9 Å². The van der Waals surface area contributed by atoms with Gasteiger partial charge in [-0.3, -0.25) is 0 Å². The summed E-state index contributed by atoms with van der Waals surface area (Å²) in [5.74, 6) is 2.12. The first-order valence-corrected chi connectivity index (χ1v) is 7.07. The number of fused-ring (bicyclic) bond motifs is 1. The molecule has 2 nitrogen and oxygen atoms in total. The maximum absolute atomic E-state index is 6.24. The van der Waals surface area contributed by atoms with Gasteiger partial charge in [-0.2, -0.15) is 0 Å². The topological polar surface area (TPSA) is 35.2 Å². The Labute approximate surface area is 114 Å². The van der Waals surface area contributed by atoms with Crippen molar-refractivity contribution in [2.75, 3.05) is 0 Å². The summed E-state index contributed by atoms with van der Waals surface area (Å²) in [6.45, 7) is 6.73. The van der Waals surface area contributed by atoms with Crippen LogP contribution in [0.15, 0.2) is 18.2 Å². The maximum Gasteiger partial charge on any atom is 0.124 e. The molecule has 0 aromatic heterocycles. The third kappa shape index (κ3) is 2.99. The minimum Gasteiger partial charge on any atom is -0.490 e. The lowest BCUT2D eigenvalue weighted by Crippen LogP contribution is -2.34. The van der Waals surface area contributed by atoms with Crippen LogP contribution >= 0.6 is 11.6 Å². The number of hydrogen-bond acceptors (Lipinski definition) is 2. The average Bonchev–Trinajstić information content (AvgIpc) is 2.29. The van der Waals surface area contributed by atoms with E-state index in [1.807, 2.05) is 18.2 Å². The summed E-state index contributed by atoms with van der Waals surface area (Å²) < 4.78 is 6.08. The van der Waals surface area contributed by atoms with Crippen LogP contribution < -0.4 is 10.5 Å². The van der Waals surface area contributed by atoms with Crippen molar-refractivity contribution in [3.8, 4) is 5.75 Å². The number of nitrogens with two attached hydrogens (primary N) is 1. The molecule has 0 amide bonds. The highest BCUT2D eigenvalue weighted by Crippen LogP contribution is 2.38. The number of hydrogen-bond donors (Lipinski definition) is 1. The second-order valence-electron chi connectivity index (χ2n) is 5.79. The van der Waals surface area contributed by atoms with Gasteiger partial charge in [0.05, 0.1) is 0 Å². The van der Waals surface area contributed by atoms with E-state index in [2.05, 4.69) is 20.8 Å². The van der Waals surface area contributed by atoms with Gasteiger partial charge in [0.2, 0.25) is 0 Å². The molecule has 0 saturated heterocycles. The van der Waals surface area contributed by atoms with Gasteiger partial charge in [0, 0.05) is 23.0 Å². The molecule has 1 aliphatic rings. The van der Waals surface area contributed by atoms with Crippen LogP contribution in [0.5, 0.6) is 5.75 Å². The van der Waals surface area contributed by atoms with Crippen molar-refractivity contribution in [3.05, 3.63) is 28.8 Å². The molecule has 0 aliphatic carbocycles. The molecule has 0 radical (unpaired) electrons. The standard InChI is InChI=1S/C15H22ClNO/c1-9(2)6-10(3)15-8-13(17)12-7-11(16)4-5-14(12)18-15/h4-5,7,9-10,13,15H,6,8,17H2,1-3H3/t10?,13-,15?/m0/s1. The van der Waals surface area contributed by atoms with Crippen LogP contribution in [0.25, 0.3) is 0 Å². The molecule has 18 heavy (non-hydrogen) atoms.